The monoisotopic (exact) mass is 184 g/mol. The van der Waals surface area contributed by atoms with Gasteiger partial charge in [-0.1, -0.05) is 0 Å². The lowest BCUT2D eigenvalue weighted by Gasteiger charge is -2.42. The molecule has 2 saturated heterocycles. The minimum Gasteiger partial charge on any atom is -0.390 e. The largest absolute Gasteiger partial charge is 0.390 e. The number of hydrogen-bond donors (Lipinski definition) is 2. The van der Waals surface area contributed by atoms with Gasteiger partial charge < -0.3 is 15.7 Å². The molecule has 2 unspecified atom stereocenters. The Morgan fingerprint density at radius 1 is 1.38 bits per heavy atom. The Morgan fingerprint density at radius 3 is 2.38 bits per heavy atom. The zero-order valence-corrected chi connectivity index (χ0v) is 8.37. The van der Waals surface area contributed by atoms with E-state index < -0.39 is 5.60 Å². The summed E-state index contributed by atoms with van der Waals surface area (Å²) in [7, 11) is 2.18. The van der Waals surface area contributed by atoms with Gasteiger partial charge in [0.05, 0.1) is 5.60 Å². The fourth-order valence-corrected chi connectivity index (χ4v) is 3.02. The summed E-state index contributed by atoms with van der Waals surface area (Å²) < 4.78 is 0. The highest BCUT2D eigenvalue weighted by Gasteiger charge is 2.45. The second kappa shape index (κ2) is 3.23. The molecule has 0 radical (unpaired) electrons. The molecule has 2 aliphatic rings. The molecule has 2 atom stereocenters. The van der Waals surface area contributed by atoms with Gasteiger partial charge in [0, 0.05) is 12.1 Å². The van der Waals surface area contributed by atoms with Gasteiger partial charge in [0.15, 0.2) is 0 Å². The molecule has 0 aliphatic carbocycles. The number of nitrogens with zero attached hydrogens (tertiary/aromatic N) is 1. The SMILES string of the molecule is CN1C2CCC1CC(O)(CCN)C2. The van der Waals surface area contributed by atoms with Crippen LogP contribution in [-0.4, -0.2) is 41.3 Å². The molecule has 2 fully saturated rings. The molecule has 0 aromatic rings. The van der Waals surface area contributed by atoms with Crippen LogP contribution < -0.4 is 5.73 Å². The van der Waals surface area contributed by atoms with Crippen molar-refractivity contribution in [3.05, 3.63) is 0 Å². The third-order valence-corrected chi connectivity index (χ3v) is 3.83. The predicted molar refractivity (Wildman–Crippen MR) is 52.4 cm³/mol. The zero-order chi connectivity index (χ0) is 9.47. The minimum absolute atomic E-state index is 0.451. The van der Waals surface area contributed by atoms with E-state index >= 15 is 0 Å². The molecule has 3 heteroatoms. The third kappa shape index (κ3) is 1.60. The Kier molecular flexibility index (Phi) is 2.34. The lowest BCUT2D eigenvalue weighted by Crippen LogP contribution is -2.49. The van der Waals surface area contributed by atoms with Crippen molar-refractivity contribution < 1.29 is 5.11 Å². The van der Waals surface area contributed by atoms with Gasteiger partial charge >= 0.3 is 0 Å². The normalized spacial score (nSPS) is 45.5. The molecule has 3 nitrogen and oxygen atoms in total. The quantitative estimate of drug-likeness (QED) is 0.650. The Bertz CT molecular complexity index is 181. The first-order valence-corrected chi connectivity index (χ1v) is 5.29. The number of rotatable bonds is 2. The molecule has 2 heterocycles. The van der Waals surface area contributed by atoms with E-state index in [0.29, 0.717) is 18.6 Å². The highest BCUT2D eigenvalue weighted by atomic mass is 16.3. The molecule has 0 amide bonds. The summed E-state index contributed by atoms with van der Waals surface area (Å²) in [5.41, 5.74) is 5.07. The summed E-state index contributed by atoms with van der Waals surface area (Å²) in [6.07, 6.45) is 5.14. The summed E-state index contributed by atoms with van der Waals surface area (Å²) >= 11 is 0. The van der Waals surface area contributed by atoms with Crippen LogP contribution in [0.4, 0.5) is 0 Å². The van der Waals surface area contributed by atoms with Crippen molar-refractivity contribution in [3.8, 4) is 0 Å². The van der Waals surface area contributed by atoms with Crippen molar-refractivity contribution >= 4 is 0 Å². The van der Waals surface area contributed by atoms with Gasteiger partial charge in [0.1, 0.15) is 0 Å². The molecule has 0 spiro atoms. The zero-order valence-electron chi connectivity index (χ0n) is 8.37. The number of aliphatic hydroxyl groups is 1. The summed E-state index contributed by atoms with van der Waals surface area (Å²) in [5, 5.41) is 10.3. The van der Waals surface area contributed by atoms with Crippen LogP contribution in [0.2, 0.25) is 0 Å². The predicted octanol–water partition coefficient (Wildman–Crippen LogP) is 0.323. The van der Waals surface area contributed by atoms with Crippen molar-refractivity contribution in [1.82, 2.24) is 4.90 Å². The van der Waals surface area contributed by atoms with Crippen LogP contribution in [0.25, 0.3) is 0 Å². The van der Waals surface area contributed by atoms with E-state index in [1.165, 1.54) is 12.8 Å². The van der Waals surface area contributed by atoms with E-state index in [-0.39, 0.29) is 0 Å². The minimum atomic E-state index is -0.451. The topological polar surface area (TPSA) is 49.5 Å². The Labute approximate surface area is 79.9 Å². The van der Waals surface area contributed by atoms with Gasteiger partial charge in [-0.25, -0.2) is 0 Å². The first-order valence-electron chi connectivity index (χ1n) is 5.29. The molecule has 2 bridgehead atoms. The number of hydrogen-bond acceptors (Lipinski definition) is 3. The molecular weight excluding hydrogens is 164 g/mol. The first-order chi connectivity index (χ1) is 6.14. The maximum Gasteiger partial charge on any atom is 0.0689 e. The standard InChI is InChI=1S/C10H20N2O/c1-12-8-2-3-9(12)7-10(13,6-8)4-5-11/h8-9,13H,2-7,11H2,1H3. The van der Waals surface area contributed by atoms with Crippen LogP contribution in [0.1, 0.15) is 32.1 Å². The molecule has 3 N–H and O–H groups in total. The molecular formula is C10H20N2O. The van der Waals surface area contributed by atoms with E-state index in [2.05, 4.69) is 11.9 Å². The fourth-order valence-electron chi connectivity index (χ4n) is 3.02. The van der Waals surface area contributed by atoms with Crippen molar-refractivity contribution in [2.45, 2.75) is 49.8 Å². The number of piperidine rings is 1. The smallest absolute Gasteiger partial charge is 0.0689 e. The van der Waals surface area contributed by atoms with Crippen LogP contribution >= 0.6 is 0 Å². The summed E-state index contributed by atoms with van der Waals surface area (Å²) in [6.45, 7) is 0.611. The van der Waals surface area contributed by atoms with Crippen LogP contribution in [0.5, 0.6) is 0 Å². The highest BCUT2D eigenvalue weighted by Crippen LogP contribution is 2.40. The summed E-state index contributed by atoms with van der Waals surface area (Å²) in [5.74, 6) is 0. The lowest BCUT2D eigenvalue weighted by atomic mass is 9.84. The highest BCUT2D eigenvalue weighted by molar-refractivity contribution is 5.00. The molecule has 13 heavy (non-hydrogen) atoms. The van der Waals surface area contributed by atoms with E-state index in [1.807, 2.05) is 0 Å². The summed E-state index contributed by atoms with van der Waals surface area (Å²) in [6, 6.07) is 1.21. The Morgan fingerprint density at radius 2 is 1.92 bits per heavy atom. The van der Waals surface area contributed by atoms with Crippen LogP contribution in [-0.2, 0) is 0 Å². The van der Waals surface area contributed by atoms with Crippen molar-refractivity contribution in [1.29, 1.82) is 0 Å². The van der Waals surface area contributed by atoms with Gasteiger partial charge in [-0.2, -0.15) is 0 Å². The summed E-state index contributed by atoms with van der Waals surface area (Å²) in [4.78, 5) is 2.44. The fraction of sp³-hybridized carbons (Fsp3) is 1.00. The lowest BCUT2D eigenvalue weighted by molar-refractivity contribution is -0.0481. The Balaban J connectivity index is 2.05. The maximum absolute atomic E-state index is 10.3. The van der Waals surface area contributed by atoms with Crippen LogP contribution in [0, 0.1) is 0 Å². The maximum atomic E-state index is 10.3. The van der Waals surface area contributed by atoms with E-state index in [1.54, 1.807) is 0 Å². The van der Waals surface area contributed by atoms with E-state index in [4.69, 9.17) is 5.73 Å². The van der Waals surface area contributed by atoms with E-state index in [9.17, 15) is 5.11 Å². The molecule has 76 valence electrons. The van der Waals surface area contributed by atoms with Gasteiger partial charge in [-0.15, -0.1) is 0 Å². The first kappa shape index (κ1) is 9.44. The van der Waals surface area contributed by atoms with Crippen LogP contribution in [0.3, 0.4) is 0 Å². The van der Waals surface area contributed by atoms with Gasteiger partial charge in [0.2, 0.25) is 0 Å². The second-order valence-corrected chi connectivity index (χ2v) is 4.72. The van der Waals surface area contributed by atoms with E-state index in [0.717, 1.165) is 19.3 Å². The number of nitrogens with two attached hydrogens (primary N) is 1. The van der Waals surface area contributed by atoms with Crippen molar-refractivity contribution in [3.63, 3.8) is 0 Å². The molecule has 0 aromatic carbocycles. The Hall–Kier alpha value is -0.120. The van der Waals surface area contributed by atoms with Gasteiger partial charge in [-0.3, -0.25) is 0 Å². The average Bonchev–Trinajstić information content (AvgIpc) is 2.34. The van der Waals surface area contributed by atoms with Gasteiger partial charge in [0.25, 0.3) is 0 Å². The van der Waals surface area contributed by atoms with Gasteiger partial charge in [-0.05, 0) is 45.7 Å². The second-order valence-electron chi connectivity index (χ2n) is 4.72. The third-order valence-electron chi connectivity index (χ3n) is 3.83. The van der Waals surface area contributed by atoms with Crippen LogP contribution in [0.15, 0.2) is 0 Å². The molecule has 0 saturated carbocycles. The average molecular weight is 184 g/mol. The molecule has 2 rings (SSSR count). The molecule has 0 aromatic heterocycles. The molecule has 2 aliphatic heterocycles. The number of fused-ring (bicyclic) bond motifs is 2. The van der Waals surface area contributed by atoms with Crippen molar-refractivity contribution in [2.24, 2.45) is 5.73 Å². The van der Waals surface area contributed by atoms with Crippen molar-refractivity contribution in [2.75, 3.05) is 13.6 Å².